The summed E-state index contributed by atoms with van der Waals surface area (Å²) in [6.07, 6.45) is 7.76. The molecule has 0 rings (SSSR count). The summed E-state index contributed by atoms with van der Waals surface area (Å²) in [5.41, 5.74) is 3.00. The van der Waals surface area contributed by atoms with Crippen LogP contribution in [0, 0.1) is 0 Å². The summed E-state index contributed by atoms with van der Waals surface area (Å²) in [6, 6.07) is 0. The monoisotopic (exact) mass is 160 g/mol. The van der Waals surface area contributed by atoms with Gasteiger partial charge in [0.05, 0.1) is 0 Å². The summed E-state index contributed by atoms with van der Waals surface area (Å²) < 4.78 is 0. The van der Waals surface area contributed by atoms with Gasteiger partial charge in [0.2, 0.25) is 0 Å². The van der Waals surface area contributed by atoms with Crippen LogP contribution in [-0.4, -0.2) is 0 Å². The van der Waals surface area contributed by atoms with Crippen LogP contribution in [0.15, 0.2) is 60.8 Å². The van der Waals surface area contributed by atoms with Gasteiger partial charge in [0.15, 0.2) is 0 Å². The molecule has 0 aliphatic carbocycles. The maximum atomic E-state index is 3.83. The minimum absolute atomic E-state index is 0.960. The molecule has 0 N–H and O–H groups in total. The Morgan fingerprint density at radius 2 is 1.42 bits per heavy atom. The topological polar surface area (TPSA) is 0 Å². The minimum atomic E-state index is 0.960. The van der Waals surface area contributed by atoms with Crippen molar-refractivity contribution in [2.24, 2.45) is 0 Å². The number of allylic oxidation sites excluding steroid dienone is 7. The van der Waals surface area contributed by atoms with E-state index in [-0.39, 0.29) is 0 Å². The molecular formula is C12H16. The standard InChI is InChI=1S/C12H16/c1-10(2)8-6-7-9-12(5)11(3)4/h6-9H,1,3,5H2,2,4H3/b8-6-,9-7-. The first-order valence-corrected chi connectivity index (χ1v) is 3.89. The van der Waals surface area contributed by atoms with E-state index in [9.17, 15) is 0 Å². The van der Waals surface area contributed by atoms with Crippen molar-refractivity contribution < 1.29 is 0 Å². The van der Waals surface area contributed by atoms with Gasteiger partial charge in [-0.3, -0.25) is 0 Å². The highest BCUT2D eigenvalue weighted by Crippen LogP contribution is 2.04. The van der Waals surface area contributed by atoms with Crippen molar-refractivity contribution in [2.75, 3.05) is 0 Å². The number of hydrogen-bond donors (Lipinski definition) is 0. The molecule has 0 aliphatic heterocycles. The quantitative estimate of drug-likeness (QED) is 0.549. The summed E-state index contributed by atoms with van der Waals surface area (Å²) in [6.45, 7) is 15.2. The second-order valence-corrected chi connectivity index (χ2v) is 2.87. The Kier molecular flexibility index (Phi) is 4.78. The summed E-state index contributed by atoms with van der Waals surface area (Å²) in [5.74, 6) is 0. The lowest BCUT2D eigenvalue weighted by Crippen LogP contribution is -1.73. The smallest absolute Gasteiger partial charge is 0.0305 e. The highest BCUT2D eigenvalue weighted by molar-refractivity contribution is 5.35. The Bertz CT molecular complexity index is 249. The highest BCUT2D eigenvalue weighted by Gasteiger charge is 1.84. The average molecular weight is 160 g/mol. The van der Waals surface area contributed by atoms with Crippen LogP contribution in [0.25, 0.3) is 0 Å². The van der Waals surface area contributed by atoms with Gasteiger partial charge in [0.25, 0.3) is 0 Å². The number of hydrogen-bond acceptors (Lipinski definition) is 0. The molecule has 0 aromatic rings. The largest absolute Gasteiger partial charge is 0.0961 e. The molecule has 0 saturated heterocycles. The summed E-state index contributed by atoms with van der Waals surface area (Å²) >= 11 is 0. The molecule has 0 amide bonds. The molecule has 64 valence electrons. The van der Waals surface area contributed by atoms with Crippen LogP contribution in [-0.2, 0) is 0 Å². The molecule has 0 radical (unpaired) electrons. The van der Waals surface area contributed by atoms with Crippen LogP contribution in [0.1, 0.15) is 13.8 Å². The third-order valence-corrected chi connectivity index (χ3v) is 1.34. The summed E-state index contributed by atoms with van der Waals surface area (Å²) in [4.78, 5) is 0. The van der Waals surface area contributed by atoms with E-state index in [0.717, 1.165) is 16.7 Å². The lowest BCUT2D eigenvalue weighted by atomic mass is 10.1. The number of rotatable bonds is 4. The van der Waals surface area contributed by atoms with Crippen molar-refractivity contribution in [3.8, 4) is 0 Å². The first-order chi connectivity index (χ1) is 5.54. The molecule has 0 saturated carbocycles. The van der Waals surface area contributed by atoms with Crippen LogP contribution < -0.4 is 0 Å². The van der Waals surface area contributed by atoms with E-state index >= 15 is 0 Å². The molecule has 0 bridgehead atoms. The van der Waals surface area contributed by atoms with Gasteiger partial charge in [-0.05, 0) is 19.4 Å². The Balaban J connectivity index is 4.01. The lowest BCUT2D eigenvalue weighted by molar-refractivity contribution is 1.47. The Morgan fingerprint density at radius 1 is 0.917 bits per heavy atom. The maximum Gasteiger partial charge on any atom is -0.0305 e. The second-order valence-electron chi connectivity index (χ2n) is 2.87. The predicted molar refractivity (Wildman–Crippen MR) is 57.0 cm³/mol. The van der Waals surface area contributed by atoms with Crippen molar-refractivity contribution in [3.63, 3.8) is 0 Å². The van der Waals surface area contributed by atoms with E-state index in [1.807, 2.05) is 38.2 Å². The first kappa shape index (κ1) is 10.7. The summed E-state index contributed by atoms with van der Waals surface area (Å²) in [7, 11) is 0. The molecule has 12 heavy (non-hydrogen) atoms. The minimum Gasteiger partial charge on any atom is -0.0961 e. The zero-order valence-electron chi connectivity index (χ0n) is 7.93. The van der Waals surface area contributed by atoms with Gasteiger partial charge in [0, 0.05) is 0 Å². The van der Waals surface area contributed by atoms with Gasteiger partial charge in [-0.1, -0.05) is 55.2 Å². The van der Waals surface area contributed by atoms with E-state index in [4.69, 9.17) is 0 Å². The van der Waals surface area contributed by atoms with E-state index in [0.29, 0.717) is 0 Å². The van der Waals surface area contributed by atoms with Crippen LogP contribution >= 0.6 is 0 Å². The van der Waals surface area contributed by atoms with Crippen molar-refractivity contribution in [3.05, 3.63) is 60.8 Å². The van der Waals surface area contributed by atoms with Gasteiger partial charge in [0.1, 0.15) is 0 Å². The van der Waals surface area contributed by atoms with Crippen molar-refractivity contribution in [1.29, 1.82) is 0 Å². The van der Waals surface area contributed by atoms with E-state index < -0.39 is 0 Å². The third kappa shape index (κ3) is 5.48. The lowest BCUT2D eigenvalue weighted by Gasteiger charge is -1.93. The molecule has 0 atom stereocenters. The Hall–Kier alpha value is -1.30. The predicted octanol–water partition coefficient (Wildman–Crippen LogP) is 3.81. The van der Waals surface area contributed by atoms with Crippen LogP contribution in [0.4, 0.5) is 0 Å². The third-order valence-electron chi connectivity index (χ3n) is 1.34. The van der Waals surface area contributed by atoms with E-state index in [1.54, 1.807) is 0 Å². The van der Waals surface area contributed by atoms with Gasteiger partial charge in [-0.15, -0.1) is 0 Å². The Labute approximate surface area is 75.3 Å². The molecule has 0 unspecified atom stereocenters. The molecule has 0 fully saturated rings. The van der Waals surface area contributed by atoms with Crippen molar-refractivity contribution in [1.82, 2.24) is 0 Å². The maximum absolute atomic E-state index is 3.83. The highest BCUT2D eigenvalue weighted by atomic mass is 13.9. The van der Waals surface area contributed by atoms with Gasteiger partial charge < -0.3 is 0 Å². The zero-order chi connectivity index (χ0) is 9.56. The van der Waals surface area contributed by atoms with Gasteiger partial charge in [-0.25, -0.2) is 0 Å². The first-order valence-electron chi connectivity index (χ1n) is 3.89. The molecule has 0 heteroatoms. The van der Waals surface area contributed by atoms with E-state index in [1.165, 1.54) is 0 Å². The fraction of sp³-hybridized carbons (Fsp3) is 0.167. The van der Waals surface area contributed by atoms with E-state index in [2.05, 4.69) is 19.7 Å². The van der Waals surface area contributed by atoms with Crippen molar-refractivity contribution >= 4 is 0 Å². The molecule has 0 aliphatic rings. The second kappa shape index (κ2) is 5.36. The molecule has 0 spiro atoms. The van der Waals surface area contributed by atoms with Gasteiger partial charge in [-0.2, -0.15) is 0 Å². The normalized spacial score (nSPS) is 10.8. The SMILES string of the molecule is C=C(C)/C=C\C=C/C(=C)C(=C)C. The molecule has 0 nitrogen and oxygen atoms in total. The average Bonchev–Trinajstić information content (AvgIpc) is 1.97. The van der Waals surface area contributed by atoms with Crippen LogP contribution in [0.3, 0.4) is 0 Å². The fourth-order valence-corrected chi connectivity index (χ4v) is 0.534. The molecular weight excluding hydrogens is 144 g/mol. The van der Waals surface area contributed by atoms with Crippen LogP contribution in [0.2, 0.25) is 0 Å². The molecule has 0 aromatic heterocycles. The van der Waals surface area contributed by atoms with Crippen molar-refractivity contribution in [2.45, 2.75) is 13.8 Å². The van der Waals surface area contributed by atoms with Gasteiger partial charge >= 0.3 is 0 Å². The van der Waals surface area contributed by atoms with Crippen LogP contribution in [0.5, 0.6) is 0 Å². The summed E-state index contributed by atoms with van der Waals surface area (Å²) in [5, 5.41) is 0. The fourth-order valence-electron chi connectivity index (χ4n) is 0.534. The Morgan fingerprint density at radius 3 is 1.83 bits per heavy atom. The molecule has 0 heterocycles. The molecule has 0 aromatic carbocycles. The zero-order valence-corrected chi connectivity index (χ0v) is 7.93.